The van der Waals surface area contributed by atoms with Crippen LogP contribution in [0.25, 0.3) is 0 Å². The lowest BCUT2D eigenvalue weighted by Gasteiger charge is -2.40. The van der Waals surface area contributed by atoms with Crippen molar-refractivity contribution in [3.05, 3.63) is 12.4 Å². The lowest BCUT2D eigenvalue weighted by molar-refractivity contribution is -0.138. The third kappa shape index (κ3) is 7.28. The molecule has 10 heteroatoms. The van der Waals surface area contributed by atoms with Gasteiger partial charge in [0.05, 0.1) is 5.82 Å². The molecule has 1 saturated carbocycles. The highest BCUT2D eigenvalue weighted by Crippen LogP contribution is 2.31. The van der Waals surface area contributed by atoms with Crippen LogP contribution in [-0.2, 0) is 19.2 Å². The first-order valence-electron chi connectivity index (χ1n) is 9.86. The van der Waals surface area contributed by atoms with E-state index in [4.69, 9.17) is 11.5 Å². The SMILES string of the molecule is C=C(N)NCCC[C@H](NC(=O)[C@@H](NC(C)=O)C(C)C)C(=O)NC1(C(N)=O)CCC1. The largest absolute Gasteiger partial charge is 0.386 e. The standard InChI is InChI=1S/C19H34N6O4/c1-11(2)15(23-13(4)26)17(28)24-14(7-5-10-22-12(3)20)16(27)25-19(18(21)29)8-6-9-19/h11,14-15,22H,3,5-10,20H2,1-2,4H3,(H2,21,29)(H,23,26)(H,24,28)(H,25,27)/t14-,15-/m0/s1. The van der Waals surface area contributed by atoms with Gasteiger partial charge in [0.15, 0.2) is 0 Å². The fraction of sp³-hybridized carbons (Fsp3) is 0.684. The summed E-state index contributed by atoms with van der Waals surface area (Å²) in [6, 6.07) is -1.67. The highest BCUT2D eigenvalue weighted by molar-refractivity contribution is 5.95. The molecule has 0 aliphatic heterocycles. The average molecular weight is 411 g/mol. The molecule has 1 fully saturated rings. The number of primary amides is 1. The first-order valence-corrected chi connectivity index (χ1v) is 9.86. The molecule has 0 bridgehead atoms. The summed E-state index contributed by atoms with van der Waals surface area (Å²) in [7, 11) is 0. The monoisotopic (exact) mass is 410 g/mol. The Balaban J connectivity index is 2.87. The van der Waals surface area contributed by atoms with Gasteiger partial charge in [0.2, 0.25) is 23.6 Å². The van der Waals surface area contributed by atoms with Gasteiger partial charge in [-0.2, -0.15) is 0 Å². The summed E-state index contributed by atoms with van der Waals surface area (Å²) >= 11 is 0. The molecule has 0 radical (unpaired) electrons. The summed E-state index contributed by atoms with van der Waals surface area (Å²) in [5, 5.41) is 10.9. The van der Waals surface area contributed by atoms with Crippen LogP contribution in [0, 0.1) is 5.92 Å². The minimum Gasteiger partial charge on any atom is -0.386 e. The zero-order valence-corrected chi connectivity index (χ0v) is 17.5. The quantitative estimate of drug-likeness (QED) is 0.224. The smallest absolute Gasteiger partial charge is 0.243 e. The van der Waals surface area contributed by atoms with Gasteiger partial charge >= 0.3 is 0 Å². The van der Waals surface area contributed by atoms with Crippen molar-refractivity contribution in [2.75, 3.05) is 6.54 Å². The molecule has 0 aromatic carbocycles. The van der Waals surface area contributed by atoms with Crippen LogP contribution < -0.4 is 32.7 Å². The average Bonchev–Trinajstić information content (AvgIpc) is 2.57. The Labute approximate surface area is 171 Å². The maximum absolute atomic E-state index is 12.9. The summed E-state index contributed by atoms with van der Waals surface area (Å²) in [5.74, 6) is -1.73. The van der Waals surface area contributed by atoms with Crippen molar-refractivity contribution in [2.24, 2.45) is 17.4 Å². The topological polar surface area (TPSA) is 168 Å². The molecule has 0 unspecified atom stereocenters. The molecule has 0 aromatic rings. The summed E-state index contributed by atoms with van der Waals surface area (Å²) in [4.78, 5) is 48.8. The first kappa shape index (κ1) is 24.3. The van der Waals surface area contributed by atoms with Gasteiger partial charge in [0, 0.05) is 13.5 Å². The molecule has 2 atom stereocenters. The highest BCUT2D eigenvalue weighted by atomic mass is 16.2. The van der Waals surface area contributed by atoms with Gasteiger partial charge in [-0.3, -0.25) is 19.2 Å². The van der Waals surface area contributed by atoms with E-state index in [1.54, 1.807) is 13.8 Å². The Kier molecular flexibility index (Phi) is 8.93. The van der Waals surface area contributed by atoms with Crippen molar-refractivity contribution in [2.45, 2.75) is 70.5 Å². The van der Waals surface area contributed by atoms with Crippen LogP contribution in [0.5, 0.6) is 0 Å². The number of hydrogen-bond donors (Lipinski definition) is 6. The van der Waals surface area contributed by atoms with E-state index in [1.807, 2.05) is 0 Å². The predicted octanol–water partition coefficient (Wildman–Crippen LogP) is -1.04. The number of rotatable bonds is 12. The van der Waals surface area contributed by atoms with Crippen molar-refractivity contribution in [3.63, 3.8) is 0 Å². The summed E-state index contributed by atoms with van der Waals surface area (Å²) < 4.78 is 0. The van der Waals surface area contributed by atoms with Gasteiger partial charge in [-0.05, 0) is 38.0 Å². The molecule has 164 valence electrons. The van der Waals surface area contributed by atoms with Crippen LogP contribution in [0.15, 0.2) is 12.4 Å². The van der Waals surface area contributed by atoms with Gasteiger partial charge < -0.3 is 32.7 Å². The van der Waals surface area contributed by atoms with Crippen LogP contribution in [0.3, 0.4) is 0 Å². The maximum Gasteiger partial charge on any atom is 0.243 e. The number of amides is 4. The number of nitrogens with two attached hydrogens (primary N) is 2. The van der Waals surface area contributed by atoms with E-state index in [-0.39, 0.29) is 11.8 Å². The van der Waals surface area contributed by atoms with E-state index in [1.165, 1.54) is 6.92 Å². The van der Waals surface area contributed by atoms with E-state index in [2.05, 4.69) is 27.8 Å². The minimum atomic E-state index is -1.06. The summed E-state index contributed by atoms with van der Waals surface area (Å²) in [5.41, 5.74) is 9.87. The fourth-order valence-corrected chi connectivity index (χ4v) is 3.13. The van der Waals surface area contributed by atoms with E-state index >= 15 is 0 Å². The van der Waals surface area contributed by atoms with Crippen LogP contribution in [0.4, 0.5) is 0 Å². The van der Waals surface area contributed by atoms with Crippen molar-refractivity contribution < 1.29 is 19.2 Å². The van der Waals surface area contributed by atoms with Gasteiger partial charge in [-0.15, -0.1) is 0 Å². The van der Waals surface area contributed by atoms with Crippen molar-refractivity contribution in [3.8, 4) is 0 Å². The van der Waals surface area contributed by atoms with Gasteiger partial charge in [0.1, 0.15) is 17.6 Å². The van der Waals surface area contributed by atoms with E-state index in [0.29, 0.717) is 38.0 Å². The summed E-state index contributed by atoms with van der Waals surface area (Å²) in [6.07, 6.45) is 2.57. The Bertz CT molecular complexity index is 645. The second kappa shape index (κ2) is 10.7. The third-order valence-corrected chi connectivity index (χ3v) is 5.00. The number of hydrogen-bond acceptors (Lipinski definition) is 6. The maximum atomic E-state index is 12.9. The van der Waals surface area contributed by atoms with E-state index in [9.17, 15) is 19.2 Å². The molecule has 10 nitrogen and oxygen atoms in total. The van der Waals surface area contributed by atoms with E-state index in [0.717, 1.165) is 6.42 Å². The molecular formula is C19H34N6O4. The van der Waals surface area contributed by atoms with E-state index < -0.39 is 35.3 Å². The molecular weight excluding hydrogens is 376 g/mol. The zero-order chi connectivity index (χ0) is 22.2. The lowest BCUT2D eigenvalue weighted by atomic mass is 9.76. The van der Waals surface area contributed by atoms with Gasteiger partial charge in [-0.25, -0.2) is 0 Å². The van der Waals surface area contributed by atoms with Crippen LogP contribution in [0.2, 0.25) is 0 Å². The van der Waals surface area contributed by atoms with Gasteiger partial charge in [0.25, 0.3) is 0 Å². The second-order valence-corrected chi connectivity index (χ2v) is 7.87. The Morgan fingerprint density at radius 2 is 1.69 bits per heavy atom. The Morgan fingerprint density at radius 3 is 2.10 bits per heavy atom. The lowest BCUT2D eigenvalue weighted by Crippen LogP contribution is -2.65. The second-order valence-electron chi connectivity index (χ2n) is 7.87. The third-order valence-electron chi connectivity index (χ3n) is 5.00. The van der Waals surface area contributed by atoms with Crippen molar-refractivity contribution >= 4 is 23.6 Å². The minimum absolute atomic E-state index is 0.173. The highest BCUT2D eigenvalue weighted by Gasteiger charge is 2.45. The Hall–Kier alpha value is -2.78. The molecule has 0 aromatic heterocycles. The molecule has 8 N–H and O–H groups in total. The fourth-order valence-electron chi connectivity index (χ4n) is 3.13. The van der Waals surface area contributed by atoms with Crippen molar-refractivity contribution in [1.82, 2.24) is 21.3 Å². The summed E-state index contributed by atoms with van der Waals surface area (Å²) in [6.45, 7) is 8.92. The number of carbonyl (C=O) groups is 4. The van der Waals surface area contributed by atoms with Crippen LogP contribution in [0.1, 0.15) is 52.9 Å². The molecule has 0 spiro atoms. The van der Waals surface area contributed by atoms with Crippen LogP contribution in [-0.4, -0.2) is 47.8 Å². The molecule has 1 aliphatic rings. The predicted molar refractivity (Wildman–Crippen MR) is 109 cm³/mol. The molecule has 0 heterocycles. The molecule has 1 aliphatic carbocycles. The van der Waals surface area contributed by atoms with Gasteiger partial charge in [-0.1, -0.05) is 20.4 Å². The zero-order valence-electron chi connectivity index (χ0n) is 17.5. The molecule has 0 saturated heterocycles. The van der Waals surface area contributed by atoms with Crippen molar-refractivity contribution in [1.29, 1.82) is 0 Å². The van der Waals surface area contributed by atoms with Crippen LogP contribution >= 0.6 is 0 Å². The number of carbonyl (C=O) groups excluding carboxylic acids is 4. The normalized spacial score (nSPS) is 16.7. The molecule has 1 rings (SSSR count). The molecule has 4 amide bonds. The number of nitrogens with one attached hydrogen (secondary N) is 4. The first-order chi connectivity index (χ1) is 13.5. The Morgan fingerprint density at radius 1 is 1.07 bits per heavy atom. The molecule has 29 heavy (non-hydrogen) atoms.